The van der Waals surface area contributed by atoms with Crippen LogP contribution in [-0.4, -0.2) is 71.2 Å². The minimum atomic E-state index is -0.487. The minimum absolute atomic E-state index is 0.102. The van der Waals surface area contributed by atoms with Gasteiger partial charge < -0.3 is 25.6 Å². The summed E-state index contributed by atoms with van der Waals surface area (Å²) in [5, 5.41) is 23.0. The summed E-state index contributed by atoms with van der Waals surface area (Å²) in [5.74, 6) is 0.667. The molecule has 2 atom stereocenters. The number of carbonyl (C=O) groups is 3. The van der Waals surface area contributed by atoms with E-state index in [1.807, 2.05) is 37.3 Å². The van der Waals surface area contributed by atoms with E-state index in [0.717, 1.165) is 62.6 Å². The van der Waals surface area contributed by atoms with Crippen molar-refractivity contribution in [2.24, 2.45) is 10.2 Å². The van der Waals surface area contributed by atoms with Gasteiger partial charge >= 0.3 is 12.1 Å². The topological polar surface area (TPSA) is 240 Å². The summed E-state index contributed by atoms with van der Waals surface area (Å²) < 4.78 is 5.61. The molecule has 3 aromatic carbocycles. The van der Waals surface area contributed by atoms with Gasteiger partial charge in [0.1, 0.15) is 11.4 Å². The van der Waals surface area contributed by atoms with Crippen LogP contribution in [-0.2, 0) is 0 Å². The highest BCUT2D eigenvalue weighted by Gasteiger charge is 2.17. The number of urea groups is 2. The first-order chi connectivity index (χ1) is 33.4. The van der Waals surface area contributed by atoms with Crippen LogP contribution >= 0.6 is 0 Å². The van der Waals surface area contributed by atoms with E-state index < -0.39 is 12.1 Å². The van der Waals surface area contributed by atoms with E-state index in [9.17, 15) is 24.0 Å². The first-order valence-electron chi connectivity index (χ1n) is 24.1. The molecule has 18 heteroatoms. The summed E-state index contributed by atoms with van der Waals surface area (Å²) in [4.78, 5) is 80.2. The first kappa shape index (κ1) is 52.6. The van der Waals surface area contributed by atoms with Crippen LogP contribution in [0, 0.1) is 6.92 Å². The average Bonchev–Trinajstić information content (AvgIpc) is 3.34. The second-order valence-corrected chi connectivity index (χ2v) is 16.9. The number of nitrogens with one attached hydrogen (secondary N) is 7. The molecule has 5 rings (SSSR count). The Morgan fingerprint density at radius 3 is 1.71 bits per heavy atom. The van der Waals surface area contributed by atoms with Crippen molar-refractivity contribution in [2.45, 2.75) is 111 Å². The van der Waals surface area contributed by atoms with Gasteiger partial charge in [-0.05, 0) is 93.5 Å². The highest BCUT2D eigenvalue weighted by molar-refractivity contribution is 6.04. The Labute approximate surface area is 404 Å². The molecule has 2 heterocycles. The number of ether oxygens (including phenoxy) is 1. The molecule has 368 valence electrons. The van der Waals surface area contributed by atoms with Crippen molar-refractivity contribution in [1.82, 2.24) is 30.6 Å². The first-order valence-corrected chi connectivity index (χ1v) is 24.1. The molecule has 18 nitrogen and oxygen atoms in total. The molecule has 0 aliphatic rings. The number of H-pyrrole nitrogens is 2. The third kappa shape index (κ3) is 16.7. The normalized spacial score (nSPS) is 12.0. The number of aryl methyl sites for hydroxylation is 1. The molecular formula is C51H68N12O6. The van der Waals surface area contributed by atoms with Gasteiger partial charge in [-0.25, -0.2) is 19.6 Å². The molecule has 0 aliphatic carbocycles. The number of aromatic amines is 2. The van der Waals surface area contributed by atoms with E-state index in [-0.39, 0.29) is 40.8 Å². The van der Waals surface area contributed by atoms with E-state index >= 15 is 0 Å². The maximum Gasteiger partial charge on any atom is 0.321 e. The summed E-state index contributed by atoms with van der Waals surface area (Å²) >= 11 is 0. The number of anilines is 4. The lowest BCUT2D eigenvalue weighted by molar-refractivity contribution is 0.102. The molecule has 2 unspecified atom stereocenters. The predicted molar refractivity (Wildman–Crippen MR) is 273 cm³/mol. The molecule has 0 radical (unpaired) electrons. The Balaban J connectivity index is 1.23. The third-order valence-electron chi connectivity index (χ3n) is 11.7. The van der Waals surface area contributed by atoms with E-state index in [1.54, 1.807) is 36.4 Å². The molecule has 5 aromatic rings. The van der Waals surface area contributed by atoms with E-state index in [1.165, 1.54) is 19.2 Å². The SMILES string of the molecule is CCCCC(CC)c1cc(=O)[nH]c(NC(=O)NCCCN(CCCNC(=O)Nc2nc(C(CC)CCCC)cc(=O)[nH]2)c2ccc(N=Nc3cc(C)c(NC(=O)c4ccccc4)cc3OC)cc2)n1. The van der Waals surface area contributed by atoms with Gasteiger partial charge in [-0.3, -0.25) is 35.0 Å². The predicted octanol–water partition coefficient (Wildman–Crippen LogP) is 10.4. The lowest BCUT2D eigenvalue weighted by atomic mass is 9.96. The van der Waals surface area contributed by atoms with Gasteiger partial charge in [0.05, 0.1) is 24.2 Å². The van der Waals surface area contributed by atoms with Crippen LogP contribution in [0.4, 0.5) is 44.2 Å². The van der Waals surface area contributed by atoms with Crippen molar-refractivity contribution >= 4 is 52.6 Å². The zero-order chi connectivity index (χ0) is 49.5. The monoisotopic (exact) mass is 945 g/mol. The maximum atomic E-state index is 13.0. The van der Waals surface area contributed by atoms with E-state index in [4.69, 9.17) is 4.74 Å². The van der Waals surface area contributed by atoms with Crippen LogP contribution in [0.5, 0.6) is 5.75 Å². The van der Waals surface area contributed by atoms with Crippen LogP contribution in [0.1, 0.15) is 131 Å². The number of carbonyl (C=O) groups excluding carboxylic acids is 3. The lowest BCUT2D eigenvalue weighted by Gasteiger charge is -2.25. The van der Waals surface area contributed by atoms with Crippen molar-refractivity contribution in [1.29, 1.82) is 0 Å². The number of amides is 5. The summed E-state index contributed by atoms with van der Waals surface area (Å²) in [6, 6.07) is 22.1. The fraction of sp³-hybridized carbons (Fsp3) is 0.431. The summed E-state index contributed by atoms with van der Waals surface area (Å²) in [7, 11) is 1.53. The Morgan fingerprint density at radius 2 is 1.22 bits per heavy atom. The fourth-order valence-electron chi connectivity index (χ4n) is 7.80. The Bertz CT molecular complexity index is 2490. The number of hydrogen-bond donors (Lipinski definition) is 7. The van der Waals surface area contributed by atoms with Gasteiger partial charge in [0.15, 0.2) is 0 Å². The van der Waals surface area contributed by atoms with Gasteiger partial charge in [-0.2, -0.15) is 5.11 Å². The second-order valence-electron chi connectivity index (χ2n) is 16.9. The van der Waals surface area contributed by atoms with Crippen molar-refractivity contribution in [2.75, 3.05) is 54.1 Å². The third-order valence-corrected chi connectivity index (χ3v) is 11.7. The van der Waals surface area contributed by atoms with Gasteiger partial charge in [0.25, 0.3) is 17.0 Å². The molecule has 0 fully saturated rings. The highest BCUT2D eigenvalue weighted by Crippen LogP contribution is 2.35. The van der Waals surface area contributed by atoms with Crippen LogP contribution in [0.3, 0.4) is 0 Å². The quantitative estimate of drug-likeness (QED) is 0.0206. The van der Waals surface area contributed by atoms with Crippen LogP contribution < -0.4 is 47.3 Å². The molecule has 2 aromatic heterocycles. The Kier molecular flexibility index (Phi) is 20.9. The smallest absolute Gasteiger partial charge is 0.321 e. The largest absolute Gasteiger partial charge is 0.494 e. The average molecular weight is 945 g/mol. The summed E-state index contributed by atoms with van der Waals surface area (Å²) in [6.45, 7) is 12.0. The molecule has 0 spiro atoms. The van der Waals surface area contributed by atoms with E-state index in [0.29, 0.717) is 78.8 Å². The molecule has 69 heavy (non-hydrogen) atoms. The summed E-state index contributed by atoms with van der Waals surface area (Å²) in [6.07, 6.45) is 8.75. The zero-order valence-electron chi connectivity index (χ0n) is 40.7. The van der Waals surface area contributed by atoms with Crippen molar-refractivity contribution in [3.63, 3.8) is 0 Å². The number of azo groups is 1. The second kappa shape index (κ2) is 27.4. The molecule has 0 bridgehead atoms. The fourth-order valence-corrected chi connectivity index (χ4v) is 7.80. The number of unbranched alkanes of at least 4 members (excludes halogenated alkanes) is 2. The van der Waals surface area contributed by atoms with Crippen molar-refractivity contribution in [3.05, 3.63) is 122 Å². The van der Waals surface area contributed by atoms with E-state index in [2.05, 4.69) is 89.3 Å². The molecule has 0 saturated heterocycles. The number of nitrogens with zero attached hydrogens (tertiary/aromatic N) is 5. The Morgan fingerprint density at radius 1 is 0.681 bits per heavy atom. The number of aromatic nitrogens is 4. The van der Waals surface area contributed by atoms with Gasteiger partial charge in [0.2, 0.25) is 11.9 Å². The number of methoxy groups -OCH3 is 1. The van der Waals surface area contributed by atoms with Gasteiger partial charge in [-0.1, -0.05) is 71.6 Å². The van der Waals surface area contributed by atoms with Crippen LogP contribution in [0.25, 0.3) is 0 Å². The van der Waals surface area contributed by atoms with Crippen molar-refractivity contribution < 1.29 is 19.1 Å². The molecule has 0 aliphatic heterocycles. The minimum Gasteiger partial charge on any atom is -0.494 e. The number of hydrogen-bond acceptors (Lipinski definition) is 11. The Hall–Kier alpha value is -7.37. The zero-order valence-corrected chi connectivity index (χ0v) is 40.7. The molecule has 0 saturated carbocycles. The molecule has 7 N–H and O–H groups in total. The lowest BCUT2D eigenvalue weighted by Crippen LogP contribution is -2.35. The van der Waals surface area contributed by atoms with Crippen LogP contribution in [0.2, 0.25) is 0 Å². The molecular weight excluding hydrogens is 877 g/mol. The maximum absolute atomic E-state index is 13.0. The van der Waals surface area contributed by atoms with Crippen LogP contribution in [0.15, 0.2) is 98.7 Å². The number of rotatable bonds is 26. The summed E-state index contributed by atoms with van der Waals surface area (Å²) in [5.41, 5.74) is 4.57. The van der Waals surface area contributed by atoms with Crippen molar-refractivity contribution in [3.8, 4) is 5.75 Å². The molecule has 5 amide bonds. The highest BCUT2D eigenvalue weighted by atomic mass is 16.5. The standard InChI is InChI=1S/C51H68N12O6/c1-7-11-18-35(9-3)41-32-45(64)57-48(55-41)59-50(67)52-26-16-28-63(29-17-27-53-51(68)60-49-56-42(33-46(65)58-49)36(10-4)19-12-8-2)39-24-22-38(23-25-39)61-62-43-30-34(5)40(31-44(43)69-6)54-47(66)37-20-14-13-15-21-37/h13-15,20-25,30-33,35-36H,7-12,16-19,26-29H2,1-6H3,(H,54,66)(H3,52,55,57,59,64,67)(H3,53,56,58,60,65,68). The van der Waals surface area contributed by atoms with Gasteiger partial charge in [-0.15, -0.1) is 5.11 Å². The van der Waals surface area contributed by atoms with Gasteiger partial charge in [0, 0.05) is 73.2 Å². The number of benzene rings is 3.